The molecule has 0 bridgehead atoms. The Balaban J connectivity index is 1.46. The first-order valence-corrected chi connectivity index (χ1v) is 11.9. The van der Waals surface area contributed by atoms with Crippen molar-refractivity contribution < 1.29 is 14.0 Å². The molecule has 0 spiro atoms. The molecule has 3 aromatic rings. The number of urea groups is 1. The van der Waals surface area contributed by atoms with Gasteiger partial charge < -0.3 is 24.1 Å². The van der Waals surface area contributed by atoms with Crippen molar-refractivity contribution in [2.75, 3.05) is 18.1 Å². The number of furan rings is 1. The van der Waals surface area contributed by atoms with E-state index < -0.39 is 0 Å². The number of amides is 3. The summed E-state index contributed by atoms with van der Waals surface area (Å²) < 4.78 is 7.47. The zero-order chi connectivity index (χ0) is 22.5. The van der Waals surface area contributed by atoms with Crippen molar-refractivity contribution in [1.29, 1.82) is 0 Å². The average Bonchev–Trinajstić information content (AvgIpc) is 3.35. The minimum Gasteiger partial charge on any atom is -0.467 e. The van der Waals surface area contributed by atoms with Gasteiger partial charge in [-0.25, -0.2) is 4.79 Å². The Hall–Kier alpha value is -3.13. The molecule has 1 saturated carbocycles. The maximum Gasteiger partial charge on any atom is 0.322 e. The summed E-state index contributed by atoms with van der Waals surface area (Å²) in [5, 5.41) is 2.94. The van der Waals surface area contributed by atoms with E-state index in [0.717, 1.165) is 29.1 Å². The van der Waals surface area contributed by atoms with Gasteiger partial charge in [-0.15, -0.1) is 11.8 Å². The number of nitrogens with one attached hydrogen (secondary N) is 1. The van der Waals surface area contributed by atoms with E-state index in [0.29, 0.717) is 18.8 Å². The van der Waals surface area contributed by atoms with Crippen LogP contribution in [-0.4, -0.2) is 45.1 Å². The van der Waals surface area contributed by atoms with Crippen LogP contribution in [0.5, 0.6) is 0 Å². The molecule has 1 N–H and O–H groups in total. The number of hydrogen-bond donors (Lipinski definition) is 1. The lowest BCUT2D eigenvalue weighted by Gasteiger charge is -2.27. The summed E-state index contributed by atoms with van der Waals surface area (Å²) in [6, 6.07) is 15.2. The van der Waals surface area contributed by atoms with Crippen molar-refractivity contribution in [3.05, 3.63) is 72.4 Å². The van der Waals surface area contributed by atoms with Crippen LogP contribution in [0.4, 0.5) is 10.5 Å². The third-order valence-electron chi connectivity index (χ3n) is 5.58. The maximum atomic E-state index is 13.3. The molecule has 0 aliphatic heterocycles. The molecule has 2 aromatic heterocycles. The minimum absolute atomic E-state index is 0.0323. The molecule has 0 unspecified atom stereocenters. The van der Waals surface area contributed by atoms with Gasteiger partial charge in [0.1, 0.15) is 12.3 Å². The molecule has 0 atom stereocenters. The molecule has 3 amide bonds. The summed E-state index contributed by atoms with van der Waals surface area (Å²) >= 11 is 1.65. The number of carbonyl (C=O) groups is 2. The molecule has 32 heavy (non-hydrogen) atoms. The third kappa shape index (κ3) is 5.56. The van der Waals surface area contributed by atoms with Crippen molar-refractivity contribution in [1.82, 2.24) is 14.4 Å². The predicted octanol–water partition coefficient (Wildman–Crippen LogP) is 4.57. The molecule has 168 valence electrons. The van der Waals surface area contributed by atoms with Crippen molar-refractivity contribution in [2.45, 2.75) is 36.9 Å². The van der Waals surface area contributed by atoms with Crippen LogP contribution in [0.15, 0.2) is 70.3 Å². The maximum absolute atomic E-state index is 13.3. The second-order valence-corrected chi connectivity index (χ2v) is 8.84. The Kier molecular flexibility index (Phi) is 6.90. The Morgan fingerprint density at radius 1 is 1.12 bits per heavy atom. The van der Waals surface area contributed by atoms with Crippen molar-refractivity contribution in [3.63, 3.8) is 0 Å². The topological polar surface area (TPSA) is 70.7 Å². The van der Waals surface area contributed by atoms with Crippen molar-refractivity contribution in [3.8, 4) is 0 Å². The number of benzene rings is 1. The lowest BCUT2D eigenvalue weighted by Crippen LogP contribution is -2.45. The summed E-state index contributed by atoms with van der Waals surface area (Å²) in [7, 11) is 1.96. The molecule has 1 fully saturated rings. The summed E-state index contributed by atoms with van der Waals surface area (Å²) in [5.74, 6) is 0.603. The van der Waals surface area contributed by atoms with Crippen LogP contribution >= 0.6 is 11.8 Å². The summed E-state index contributed by atoms with van der Waals surface area (Å²) in [4.78, 5) is 30.9. The van der Waals surface area contributed by atoms with Gasteiger partial charge in [-0.3, -0.25) is 4.79 Å². The lowest BCUT2D eigenvalue weighted by molar-refractivity contribution is -0.133. The SMILES string of the molecule is CSc1ccc(NC(=O)N(CC(=O)N(Cc2ccco2)Cc2cccn2C)C2CC2)cc1. The molecular weight excluding hydrogens is 424 g/mol. The van der Waals surface area contributed by atoms with E-state index in [9.17, 15) is 9.59 Å². The fraction of sp³-hybridized carbons (Fsp3) is 0.333. The van der Waals surface area contributed by atoms with Crippen LogP contribution in [-0.2, 0) is 24.9 Å². The molecule has 4 rings (SSSR count). The first kappa shape index (κ1) is 22.1. The van der Waals surface area contributed by atoms with Gasteiger partial charge in [-0.05, 0) is 67.6 Å². The number of aromatic nitrogens is 1. The van der Waals surface area contributed by atoms with Gasteiger partial charge in [-0.2, -0.15) is 0 Å². The van der Waals surface area contributed by atoms with Gasteiger partial charge >= 0.3 is 6.03 Å². The number of carbonyl (C=O) groups excluding carboxylic acids is 2. The summed E-state index contributed by atoms with van der Waals surface area (Å²) in [6.45, 7) is 0.830. The fourth-order valence-corrected chi connectivity index (χ4v) is 3.96. The van der Waals surface area contributed by atoms with E-state index in [4.69, 9.17) is 4.42 Å². The second-order valence-electron chi connectivity index (χ2n) is 7.96. The van der Waals surface area contributed by atoms with E-state index in [2.05, 4.69) is 5.32 Å². The van der Waals surface area contributed by atoms with Crippen LogP contribution in [0.25, 0.3) is 0 Å². The Morgan fingerprint density at radius 3 is 2.50 bits per heavy atom. The van der Waals surface area contributed by atoms with Crippen LogP contribution in [0, 0.1) is 0 Å². The fourth-order valence-electron chi connectivity index (χ4n) is 3.55. The first-order valence-electron chi connectivity index (χ1n) is 10.7. The van der Waals surface area contributed by atoms with E-state index in [1.165, 1.54) is 0 Å². The highest BCUT2D eigenvalue weighted by atomic mass is 32.2. The van der Waals surface area contributed by atoms with Crippen LogP contribution in [0.3, 0.4) is 0 Å². The molecule has 8 heteroatoms. The monoisotopic (exact) mass is 452 g/mol. The number of aryl methyl sites for hydroxylation is 1. The zero-order valence-corrected chi connectivity index (χ0v) is 19.2. The van der Waals surface area contributed by atoms with Gasteiger partial charge in [0.2, 0.25) is 5.91 Å². The van der Waals surface area contributed by atoms with Gasteiger partial charge in [0.15, 0.2) is 0 Å². The van der Waals surface area contributed by atoms with E-state index in [1.54, 1.807) is 27.8 Å². The van der Waals surface area contributed by atoms with Gasteiger partial charge in [0.25, 0.3) is 0 Å². The minimum atomic E-state index is -0.241. The molecule has 7 nitrogen and oxygen atoms in total. The average molecular weight is 453 g/mol. The molecule has 1 aromatic carbocycles. The first-order chi connectivity index (χ1) is 15.5. The molecule has 0 radical (unpaired) electrons. The summed E-state index contributed by atoms with van der Waals surface area (Å²) in [5.41, 5.74) is 1.74. The zero-order valence-electron chi connectivity index (χ0n) is 18.4. The lowest BCUT2D eigenvalue weighted by atomic mass is 10.3. The van der Waals surface area contributed by atoms with Crippen LogP contribution in [0.2, 0.25) is 0 Å². The smallest absolute Gasteiger partial charge is 0.322 e. The second kappa shape index (κ2) is 9.99. The number of nitrogens with zero attached hydrogens (tertiary/aromatic N) is 3. The molecule has 1 aliphatic rings. The van der Waals surface area contributed by atoms with Crippen molar-refractivity contribution >= 4 is 29.4 Å². The molecular formula is C24H28N4O3S. The van der Waals surface area contributed by atoms with Gasteiger partial charge in [0.05, 0.1) is 19.4 Å². The largest absolute Gasteiger partial charge is 0.467 e. The van der Waals surface area contributed by atoms with Crippen molar-refractivity contribution in [2.24, 2.45) is 7.05 Å². The standard InChI is InChI=1S/C24H28N4O3S/c1-26-13-3-5-20(26)15-27(16-21-6-4-14-31-21)23(29)17-28(19-9-10-19)24(30)25-18-7-11-22(32-2)12-8-18/h3-8,11-14,19H,9-10,15-17H2,1-2H3,(H,25,30). The van der Waals surface area contributed by atoms with Crippen LogP contribution in [0.1, 0.15) is 24.3 Å². The molecule has 1 aliphatic carbocycles. The van der Waals surface area contributed by atoms with Gasteiger partial charge in [-0.1, -0.05) is 0 Å². The van der Waals surface area contributed by atoms with Gasteiger partial charge in [0, 0.05) is 35.6 Å². The highest BCUT2D eigenvalue weighted by Gasteiger charge is 2.35. The Bertz CT molecular complexity index is 1040. The highest BCUT2D eigenvalue weighted by Crippen LogP contribution is 2.28. The summed E-state index contributed by atoms with van der Waals surface area (Å²) in [6.07, 6.45) is 7.41. The third-order valence-corrected chi connectivity index (χ3v) is 6.32. The Morgan fingerprint density at radius 2 is 1.91 bits per heavy atom. The number of anilines is 1. The molecule has 0 saturated heterocycles. The molecule has 2 heterocycles. The Labute approximate surface area is 192 Å². The number of thioether (sulfide) groups is 1. The normalized spacial score (nSPS) is 13.1. The van der Waals surface area contributed by atoms with E-state index in [-0.39, 0.29) is 24.5 Å². The number of hydrogen-bond acceptors (Lipinski definition) is 4. The number of rotatable bonds is 9. The highest BCUT2D eigenvalue weighted by molar-refractivity contribution is 7.98. The van der Waals surface area contributed by atoms with E-state index >= 15 is 0 Å². The predicted molar refractivity (Wildman–Crippen MR) is 125 cm³/mol. The van der Waals surface area contributed by atoms with Crippen LogP contribution < -0.4 is 5.32 Å². The van der Waals surface area contributed by atoms with E-state index in [1.807, 2.05) is 72.6 Å². The quantitative estimate of drug-likeness (QED) is 0.483.